The summed E-state index contributed by atoms with van der Waals surface area (Å²) in [6.07, 6.45) is 6.50. The molecule has 0 bridgehead atoms. The number of terminal acetylenes is 1. The van der Waals surface area contributed by atoms with Crippen molar-refractivity contribution >= 4 is 11.2 Å². The maximum atomic E-state index is 11.7. The minimum Gasteiger partial charge on any atom is -0.300 e. The Hall–Kier alpha value is -2.29. The molecule has 0 saturated carbocycles. The van der Waals surface area contributed by atoms with E-state index < -0.39 is 5.69 Å². The second-order valence-electron chi connectivity index (χ2n) is 3.14. The van der Waals surface area contributed by atoms with Crippen molar-refractivity contribution in [2.75, 3.05) is 0 Å². The third-order valence-electron chi connectivity index (χ3n) is 2.24. The molecule has 0 radical (unpaired) electrons. The first-order valence-corrected chi connectivity index (χ1v) is 4.17. The summed E-state index contributed by atoms with van der Waals surface area (Å²) >= 11 is 0. The standard InChI is InChI=1S/C9H8N4O2/c1-4-13-7-6(12(3)9(13)15)8(14)11(2)5-10-7/h1,5H,2-3H3. The maximum absolute atomic E-state index is 11.7. The van der Waals surface area contributed by atoms with E-state index in [2.05, 4.69) is 11.0 Å². The normalized spacial score (nSPS) is 10.5. The molecule has 2 heterocycles. The molecule has 0 N–H and O–H groups in total. The first-order valence-electron chi connectivity index (χ1n) is 4.17. The predicted molar refractivity (Wildman–Crippen MR) is 54.4 cm³/mol. The van der Waals surface area contributed by atoms with E-state index in [0.29, 0.717) is 0 Å². The number of rotatable bonds is 0. The third-order valence-corrected chi connectivity index (χ3v) is 2.24. The van der Waals surface area contributed by atoms with E-state index in [9.17, 15) is 9.59 Å². The molecular weight excluding hydrogens is 196 g/mol. The summed E-state index contributed by atoms with van der Waals surface area (Å²) in [6.45, 7) is 0. The number of hydrogen-bond acceptors (Lipinski definition) is 3. The van der Waals surface area contributed by atoms with Crippen LogP contribution in [-0.4, -0.2) is 18.7 Å². The highest BCUT2D eigenvalue weighted by Gasteiger charge is 2.14. The fourth-order valence-corrected chi connectivity index (χ4v) is 1.43. The molecule has 6 heteroatoms. The Morgan fingerprint density at radius 1 is 1.40 bits per heavy atom. The Balaban J connectivity index is 3.20. The summed E-state index contributed by atoms with van der Waals surface area (Å²) in [5.41, 5.74) is -0.312. The van der Waals surface area contributed by atoms with Crippen LogP contribution in [0.1, 0.15) is 0 Å². The molecule has 15 heavy (non-hydrogen) atoms. The number of hydrogen-bond donors (Lipinski definition) is 0. The zero-order valence-electron chi connectivity index (χ0n) is 8.26. The lowest BCUT2D eigenvalue weighted by atomic mass is 10.5. The Bertz CT molecular complexity index is 696. The number of imidazole rings is 1. The van der Waals surface area contributed by atoms with E-state index >= 15 is 0 Å². The fraction of sp³-hybridized carbons (Fsp3) is 0.222. The molecule has 0 spiro atoms. The van der Waals surface area contributed by atoms with Gasteiger partial charge in [0.1, 0.15) is 0 Å². The van der Waals surface area contributed by atoms with Gasteiger partial charge in [-0.3, -0.25) is 9.36 Å². The molecule has 76 valence electrons. The number of nitrogens with zero attached hydrogens (tertiary/aromatic N) is 4. The van der Waals surface area contributed by atoms with Crippen molar-refractivity contribution in [3.8, 4) is 12.5 Å². The van der Waals surface area contributed by atoms with Crippen LogP contribution in [0.3, 0.4) is 0 Å². The van der Waals surface area contributed by atoms with Crippen molar-refractivity contribution in [1.82, 2.24) is 18.7 Å². The highest BCUT2D eigenvalue weighted by Crippen LogP contribution is 2.01. The summed E-state index contributed by atoms with van der Waals surface area (Å²) in [5, 5.41) is 0. The van der Waals surface area contributed by atoms with Gasteiger partial charge in [-0.25, -0.2) is 14.3 Å². The average molecular weight is 204 g/mol. The van der Waals surface area contributed by atoms with E-state index in [4.69, 9.17) is 6.42 Å². The van der Waals surface area contributed by atoms with Gasteiger partial charge in [-0.2, -0.15) is 0 Å². The van der Waals surface area contributed by atoms with Gasteiger partial charge in [-0.1, -0.05) is 6.42 Å². The maximum Gasteiger partial charge on any atom is 0.342 e. The van der Waals surface area contributed by atoms with E-state index in [1.54, 1.807) is 7.05 Å². The Kier molecular flexibility index (Phi) is 1.76. The second kappa shape index (κ2) is 2.85. The molecule has 0 unspecified atom stereocenters. The van der Waals surface area contributed by atoms with Gasteiger partial charge in [0.25, 0.3) is 5.56 Å². The molecule has 0 saturated heterocycles. The van der Waals surface area contributed by atoms with Crippen LogP contribution < -0.4 is 11.2 Å². The van der Waals surface area contributed by atoms with Crippen molar-refractivity contribution in [3.63, 3.8) is 0 Å². The van der Waals surface area contributed by atoms with Crippen molar-refractivity contribution in [3.05, 3.63) is 27.2 Å². The van der Waals surface area contributed by atoms with Crippen molar-refractivity contribution in [2.45, 2.75) is 0 Å². The van der Waals surface area contributed by atoms with Gasteiger partial charge in [0.2, 0.25) is 0 Å². The van der Waals surface area contributed by atoms with Gasteiger partial charge in [0.15, 0.2) is 11.2 Å². The lowest BCUT2D eigenvalue weighted by molar-refractivity contribution is 0.819. The molecule has 0 atom stereocenters. The van der Waals surface area contributed by atoms with Crippen molar-refractivity contribution in [1.29, 1.82) is 0 Å². The molecule has 0 aliphatic rings. The van der Waals surface area contributed by atoms with Crippen LogP contribution in [0.4, 0.5) is 0 Å². The van der Waals surface area contributed by atoms with Crippen LogP contribution in [0.2, 0.25) is 0 Å². The number of fused-ring (bicyclic) bond motifs is 1. The smallest absolute Gasteiger partial charge is 0.300 e. The molecule has 0 aliphatic carbocycles. The summed E-state index contributed by atoms with van der Waals surface area (Å²) < 4.78 is 3.50. The first kappa shape index (κ1) is 9.27. The lowest BCUT2D eigenvalue weighted by Gasteiger charge is -1.96. The molecule has 2 aromatic rings. The molecule has 2 aromatic heterocycles. The highest BCUT2D eigenvalue weighted by molar-refractivity contribution is 5.71. The van der Waals surface area contributed by atoms with Crippen molar-refractivity contribution in [2.24, 2.45) is 14.1 Å². The van der Waals surface area contributed by atoms with Gasteiger partial charge in [-0.15, -0.1) is 0 Å². The lowest BCUT2D eigenvalue weighted by Crippen LogP contribution is -2.22. The van der Waals surface area contributed by atoms with Crippen LogP contribution in [0, 0.1) is 12.5 Å². The Labute approximate surface area is 84.4 Å². The average Bonchev–Trinajstić information content (AvgIpc) is 2.46. The van der Waals surface area contributed by atoms with Gasteiger partial charge < -0.3 is 4.57 Å². The predicted octanol–water partition coefficient (Wildman–Crippen LogP) is -1.13. The second-order valence-corrected chi connectivity index (χ2v) is 3.14. The third kappa shape index (κ3) is 1.03. The molecule has 0 aromatic carbocycles. The van der Waals surface area contributed by atoms with Gasteiger partial charge in [0, 0.05) is 20.1 Å². The Morgan fingerprint density at radius 2 is 2.07 bits per heavy atom. The summed E-state index contributed by atoms with van der Waals surface area (Å²) in [6, 6.07) is 2.18. The highest BCUT2D eigenvalue weighted by atomic mass is 16.2. The largest absolute Gasteiger partial charge is 0.342 e. The SMILES string of the molecule is C#Cn1c(=O)n(C)c2c(=O)n(C)cnc21. The fourth-order valence-electron chi connectivity index (χ4n) is 1.43. The quantitative estimate of drug-likeness (QED) is 0.510. The van der Waals surface area contributed by atoms with E-state index in [1.165, 1.54) is 22.5 Å². The number of aromatic nitrogens is 4. The van der Waals surface area contributed by atoms with Crippen LogP contribution in [0.25, 0.3) is 11.2 Å². The van der Waals surface area contributed by atoms with E-state index in [-0.39, 0.29) is 16.7 Å². The topological polar surface area (TPSA) is 61.8 Å². The molecule has 2 rings (SSSR count). The molecular formula is C9H8N4O2. The van der Waals surface area contributed by atoms with Crippen LogP contribution in [0.15, 0.2) is 15.9 Å². The zero-order valence-corrected chi connectivity index (χ0v) is 8.26. The van der Waals surface area contributed by atoms with E-state index in [0.717, 1.165) is 4.57 Å². The summed E-state index contributed by atoms with van der Waals surface area (Å²) in [5.74, 6) is 0. The van der Waals surface area contributed by atoms with Gasteiger partial charge in [0.05, 0.1) is 6.33 Å². The van der Waals surface area contributed by atoms with Crippen molar-refractivity contribution < 1.29 is 0 Å². The first-order chi connectivity index (χ1) is 7.07. The molecule has 6 nitrogen and oxygen atoms in total. The summed E-state index contributed by atoms with van der Waals surface area (Å²) in [4.78, 5) is 27.2. The zero-order chi connectivity index (χ0) is 11.2. The number of aryl methyl sites for hydroxylation is 2. The minimum absolute atomic E-state index is 0.211. The van der Waals surface area contributed by atoms with Crippen LogP contribution in [0.5, 0.6) is 0 Å². The monoisotopic (exact) mass is 204 g/mol. The van der Waals surface area contributed by atoms with Gasteiger partial charge >= 0.3 is 5.69 Å². The molecule has 0 fully saturated rings. The molecule has 0 amide bonds. The van der Waals surface area contributed by atoms with Crippen LogP contribution in [-0.2, 0) is 14.1 Å². The minimum atomic E-state index is -0.441. The van der Waals surface area contributed by atoms with Gasteiger partial charge in [-0.05, 0) is 0 Å². The summed E-state index contributed by atoms with van der Waals surface area (Å²) in [7, 11) is 3.05. The van der Waals surface area contributed by atoms with E-state index in [1.807, 2.05) is 0 Å². The Morgan fingerprint density at radius 3 is 2.67 bits per heavy atom. The molecule has 0 aliphatic heterocycles. The van der Waals surface area contributed by atoms with Crippen LogP contribution >= 0.6 is 0 Å².